The maximum Gasteiger partial charge on any atom is 0.293 e. The predicted octanol–water partition coefficient (Wildman–Crippen LogP) is 5.16. The van der Waals surface area contributed by atoms with Crippen LogP contribution in [0.2, 0.25) is 0 Å². The Morgan fingerprint density at radius 3 is 2.67 bits per heavy atom. The Morgan fingerprint density at radius 2 is 2.00 bits per heavy atom. The number of imide groups is 1. The number of phenols is 1. The Bertz CT molecular complexity index is 710. The molecule has 1 heterocycles. The van der Waals surface area contributed by atoms with Gasteiger partial charge in [0, 0.05) is 6.54 Å². The lowest BCUT2D eigenvalue weighted by Gasteiger charge is -2.35. The number of halogens is 1. The Labute approximate surface area is 154 Å². The van der Waals surface area contributed by atoms with Gasteiger partial charge in [0.2, 0.25) is 0 Å². The van der Waals surface area contributed by atoms with E-state index in [9.17, 15) is 14.7 Å². The highest BCUT2D eigenvalue weighted by molar-refractivity contribution is 9.10. The van der Waals surface area contributed by atoms with Gasteiger partial charge in [0.05, 0.1) is 9.38 Å². The Kier molecular flexibility index (Phi) is 5.06. The Morgan fingerprint density at radius 1 is 1.29 bits per heavy atom. The van der Waals surface area contributed by atoms with Gasteiger partial charge in [-0.3, -0.25) is 14.5 Å². The first-order valence-corrected chi connectivity index (χ1v) is 9.73. The van der Waals surface area contributed by atoms with Gasteiger partial charge in [0.25, 0.3) is 11.1 Å². The fraction of sp³-hybridized carbons (Fsp3) is 0.444. The largest absolute Gasteiger partial charge is 0.507 e. The molecule has 4 nitrogen and oxygen atoms in total. The van der Waals surface area contributed by atoms with Crippen LogP contribution in [-0.4, -0.2) is 27.7 Å². The molecule has 1 aliphatic carbocycles. The number of benzene rings is 1. The molecular weight excluding hydrogens is 390 g/mol. The van der Waals surface area contributed by atoms with Crippen molar-refractivity contribution in [3.63, 3.8) is 0 Å². The standard InChI is InChI=1S/C18H20BrNO3S/c1-18(7-3-2-4-8-18)11-20-16(22)15(24-17(20)23)10-12-5-6-14(21)13(19)9-12/h5-6,9-10,21H,2-4,7-8,11H2,1H3/b15-10+. The quantitative estimate of drug-likeness (QED) is 0.700. The number of nitrogens with zero attached hydrogens (tertiary/aromatic N) is 1. The van der Waals surface area contributed by atoms with E-state index in [1.54, 1.807) is 24.3 Å². The Hall–Kier alpha value is -1.27. The molecule has 0 aromatic heterocycles. The average molecular weight is 410 g/mol. The molecule has 1 aliphatic heterocycles. The number of carbonyl (C=O) groups is 2. The zero-order chi connectivity index (χ0) is 17.3. The van der Waals surface area contributed by atoms with Crippen molar-refractivity contribution in [3.8, 4) is 5.75 Å². The van der Waals surface area contributed by atoms with Gasteiger partial charge < -0.3 is 5.11 Å². The number of amides is 2. The molecule has 6 heteroatoms. The molecule has 1 aromatic rings. The van der Waals surface area contributed by atoms with Crippen molar-refractivity contribution in [2.24, 2.45) is 5.41 Å². The summed E-state index contributed by atoms with van der Waals surface area (Å²) in [6.45, 7) is 2.68. The van der Waals surface area contributed by atoms with E-state index in [1.807, 2.05) is 0 Å². The minimum atomic E-state index is -0.207. The molecule has 0 bridgehead atoms. The van der Waals surface area contributed by atoms with Crippen LogP contribution in [-0.2, 0) is 4.79 Å². The highest BCUT2D eigenvalue weighted by atomic mass is 79.9. The summed E-state index contributed by atoms with van der Waals surface area (Å²) in [5, 5.41) is 9.37. The van der Waals surface area contributed by atoms with E-state index in [0.29, 0.717) is 15.9 Å². The zero-order valence-corrected chi connectivity index (χ0v) is 16.0. The fourth-order valence-corrected chi connectivity index (χ4v) is 4.58. The summed E-state index contributed by atoms with van der Waals surface area (Å²) in [6.07, 6.45) is 7.43. The lowest BCUT2D eigenvalue weighted by atomic mass is 9.75. The van der Waals surface area contributed by atoms with Crippen LogP contribution >= 0.6 is 27.7 Å². The first kappa shape index (κ1) is 17.5. The van der Waals surface area contributed by atoms with Gasteiger partial charge in [-0.2, -0.15) is 0 Å². The van der Waals surface area contributed by atoms with E-state index in [2.05, 4.69) is 22.9 Å². The molecule has 0 atom stereocenters. The zero-order valence-electron chi connectivity index (χ0n) is 13.5. The maximum absolute atomic E-state index is 12.6. The van der Waals surface area contributed by atoms with Crippen LogP contribution < -0.4 is 0 Å². The number of rotatable bonds is 3. The van der Waals surface area contributed by atoms with Crippen molar-refractivity contribution in [3.05, 3.63) is 33.1 Å². The third-order valence-corrected chi connectivity index (χ3v) is 6.29. The third kappa shape index (κ3) is 3.70. The predicted molar refractivity (Wildman–Crippen MR) is 99.7 cm³/mol. The van der Waals surface area contributed by atoms with Crippen molar-refractivity contribution >= 4 is 44.9 Å². The van der Waals surface area contributed by atoms with Gasteiger partial charge in [-0.25, -0.2) is 0 Å². The fourth-order valence-electron chi connectivity index (χ4n) is 3.35. The molecule has 3 rings (SSSR count). The molecule has 1 saturated carbocycles. The molecule has 1 N–H and O–H groups in total. The SMILES string of the molecule is CC1(CN2C(=O)S/C(=C/c3ccc(O)c(Br)c3)C2=O)CCCCC1. The number of carbonyl (C=O) groups excluding carboxylic acids is 2. The topological polar surface area (TPSA) is 57.6 Å². The molecule has 1 aromatic carbocycles. The molecule has 2 amide bonds. The second kappa shape index (κ2) is 6.92. The number of phenolic OH excluding ortho intramolecular Hbond substituents is 1. The molecule has 2 fully saturated rings. The van der Waals surface area contributed by atoms with Crippen LogP contribution in [0.1, 0.15) is 44.6 Å². The lowest BCUT2D eigenvalue weighted by molar-refractivity contribution is -0.124. The van der Waals surface area contributed by atoms with E-state index < -0.39 is 0 Å². The van der Waals surface area contributed by atoms with Crippen LogP contribution in [0.5, 0.6) is 5.75 Å². The Balaban J connectivity index is 1.78. The van der Waals surface area contributed by atoms with Crippen molar-refractivity contribution in [2.75, 3.05) is 6.54 Å². The van der Waals surface area contributed by atoms with E-state index in [1.165, 1.54) is 24.2 Å². The second-order valence-corrected chi connectivity index (χ2v) is 8.70. The third-order valence-electron chi connectivity index (χ3n) is 4.74. The van der Waals surface area contributed by atoms with Crippen LogP contribution in [0.25, 0.3) is 6.08 Å². The minimum absolute atomic E-state index is 0.0428. The second-order valence-electron chi connectivity index (χ2n) is 6.85. The highest BCUT2D eigenvalue weighted by Crippen LogP contribution is 2.40. The van der Waals surface area contributed by atoms with E-state index >= 15 is 0 Å². The molecule has 128 valence electrons. The van der Waals surface area contributed by atoms with Crippen LogP contribution in [0.3, 0.4) is 0 Å². The van der Waals surface area contributed by atoms with E-state index in [4.69, 9.17) is 0 Å². The maximum atomic E-state index is 12.6. The molecule has 24 heavy (non-hydrogen) atoms. The van der Waals surface area contributed by atoms with Crippen LogP contribution in [0, 0.1) is 5.41 Å². The summed E-state index contributed by atoms with van der Waals surface area (Å²) in [7, 11) is 0. The molecule has 0 spiro atoms. The van der Waals surface area contributed by atoms with Crippen molar-refractivity contribution in [1.82, 2.24) is 4.90 Å². The van der Waals surface area contributed by atoms with Gasteiger partial charge in [-0.05, 0) is 69.7 Å². The monoisotopic (exact) mass is 409 g/mol. The van der Waals surface area contributed by atoms with Gasteiger partial charge in [-0.1, -0.05) is 32.3 Å². The molecule has 1 saturated heterocycles. The highest BCUT2D eigenvalue weighted by Gasteiger charge is 2.40. The smallest absolute Gasteiger partial charge is 0.293 e. The normalized spacial score (nSPS) is 22.4. The minimum Gasteiger partial charge on any atom is -0.507 e. The van der Waals surface area contributed by atoms with Crippen molar-refractivity contribution in [1.29, 1.82) is 0 Å². The molecule has 0 unspecified atom stereocenters. The summed E-state index contributed by atoms with van der Waals surface area (Å²) in [6, 6.07) is 5.01. The van der Waals surface area contributed by atoms with Gasteiger partial charge in [0.1, 0.15) is 5.75 Å². The lowest BCUT2D eigenvalue weighted by Crippen LogP contribution is -2.39. The van der Waals surface area contributed by atoms with E-state index in [0.717, 1.165) is 30.2 Å². The van der Waals surface area contributed by atoms with Crippen LogP contribution in [0.15, 0.2) is 27.6 Å². The first-order valence-electron chi connectivity index (χ1n) is 8.12. The summed E-state index contributed by atoms with van der Waals surface area (Å²) in [5.74, 6) is -0.0635. The number of aromatic hydroxyl groups is 1. The number of hydrogen-bond acceptors (Lipinski definition) is 4. The van der Waals surface area contributed by atoms with Crippen LogP contribution in [0.4, 0.5) is 4.79 Å². The van der Waals surface area contributed by atoms with Gasteiger partial charge >= 0.3 is 0 Å². The van der Waals surface area contributed by atoms with Gasteiger partial charge in [-0.15, -0.1) is 0 Å². The molecule has 2 aliphatic rings. The summed E-state index contributed by atoms with van der Waals surface area (Å²) >= 11 is 4.25. The first-order chi connectivity index (χ1) is 11.4. The summed E-state index contributed by atoms with van der Waals surface area (Å²) in [4.78, 5) is 26.8. The molecule has 0 radical (unpaired) electrons. The average Bonchev–Trinajstić information content (AvgIpc) is 2.79. The summed E-state index contributed by atoms with van der Waals surface area (Å²) in [5.41, 5.74) is 0.815. The van der Waals surface area contributed by atoms with Crippen molar-refractivity contribution in [2.45, 2.75) is 39.0 Å². The molecular formula is C18H20BrNO3S. The number of hydrogen-bond donors (Lipinski definition) is 1. The van der Waals surface area contributed by atoms with Crippen molar-refractivity contribution < 1.29 is 14.7 Å². The summed E-state index contributed by atoms with van der Waals surface area (Å²) < 4.78 is 0.560. The number of thioether (sulfide) groups is 1. The van der Waals surface area contributed by atoms with E-state index in [-0.39, 0.29) is 22.3 Å². The van der Waals surface area contributed by atoms with Gasteiger partial charge in [0.15, 0.2) is 0 Å².